The average Bonchev–Trinajstić information content (AvgIpc) is 2.56. The highest BCUT2D eigenvalue weighted by atomic mass is 35.5. The maximum absolute atomic E-state index is 14.4. The second kappa shape index (κ2) is 29.2. The van der Waals surface area contributed by atoms with Gasteiger partial charge in [0.2, 0.25) is 0 Å². The van der Waals surface area contributed by atoms with E-state index in [9.17, 15) is 28.8 Å². The molecular weight excluding hydrogens is 1140 g/mol. The van der Waals surface area contributed by atoms with Gasteiger partial charge >= 0.3 is 0 Å². The third kappa shape index (κ3) is 14.6. The molecule has 0 unspecified atom stereocenters. The number of carbonyl (C=O) groups is 6. The van der Waals surface area contributed by atoms with Gasteiger partial charge in [0.05, 0.1) is 0 Å². The molecule has 0 radical (unpaired) electrons. The number of benzene rings is 6. The zero-order valence-corrected chi connectivity index (χ0v) is 51.7. The highest BCUT2D eigenvalue weighted by molar-refractivity contribution is 6.18. The van der Waals surface area contributed by atoms with Crippen molar-refractivity contribution in [3.63, 3.8) is 0 Å². The van der Waals surface area contributed by atoms with E-state index in [2.05, 4.69) is 30.9 Å². The third-order valence-corrected chi connectivity index (χ3v) is 17.3. The Labute approximate surface area is 524 Å². The quantitative estimate of drug-likeness (QED) is 0.0114. The van der Waals surface area contributed by atoms with Crippen molar-refractivity contribution < 1.29 is 28.8 Å². The summed E-state index contributed by atoms with van der Waals surface area (Å²) in [5, 5.41) is 11.6. The van der Waals surface area contributed by atoms with E-state index >= 15 is 0 Å². The largest absolute Gasteiger partial charge is 0.361 e. The second-order valence-corrected chi connectivity index (χ2v) is 23.5. The molecule has 9 rings (SSSR count). The molecule has 3 amide bonds. The van der Waals surface area contributed by atoms with Gasteiger partial charge < -0.3 is 65.3 Å². The van der Waals surface area contributed by atoms with E-state index < -0.39 is 57.6 Å². The van der Waals surface area contributed by atoms with Crippen LogP contribution in [0.4, 0.5) is 17.1 Å². The first kappa shape index (κ1) is 66.4. The van der Waals surface area contributed by atoms with Crippen molar-refractivity contribution >= 4 is 97.2 Å². The van der Waals surface area contributed by atoms with Crippen molar-refractivity contribution in [2.24, 2.45) is 34.4 Å². The Morgan fingerprint density at radius 1 is 0.393 bits per heavy atom. The molecule has 466 valence electrons. The lowest BCUT2D eigenvalue weighted by atomic mass is 9.83. The Balaban J connectivity index is 0.0000102. The fourth-order valence-electron chi connectivity index (χ4n) is 12.1. The number of aromatic nitrogens is 3. The van der Waals surface area contributed by atoms with E-state index in [4.69, 9.17) is 34.4 Å². The van der Waals surface area contributed by atoms with Crippen LogP contribution in [0.2, 0.25) is 0 Å². The molecule has 19 heteroatoms. The number of Topliss-reactive ketones (excluding diaryl/α,β-unsaturated/α-hetero) is 3. The van der Waals surface area contributed by atoms with Gasteiger partial charge in [-0.25, -0.2) is 0 Å². The number of ketones is 3. The molecule has 0 aliphatic heterocycles. The van der Waals surface area contributed by atoms with E-state index in [0.29, 0.717) is 75.2 Å². The van der Waals surface area contributed by atoms with Gasteiger partial charge in [0.15, 0.2) is 34.0 Å². The Hall–Kier alpha value is -8.59. The number of aryl methyl sites for hydroxylation is 3. The number of hydrogen-bond acceptors (Lipinski definition) is 12. The molecule has 89 heavy (non-hydrogen) atoms. The van der Waals surface area contributed by atoms with Gasteiger partial charge in [-0.15, -0.1) is 12.4 Å². The monoisotopic (exact) mass is 1220 g/mol. The van der Waals surface area contributed by atoms with E-state index in [1.807, 2.05) is 112 Å². The Morgan fingerprint density at radius 2 is 0.652 bits per heavy atom. The first-order chi connectivity index (χ1) is 42.3. The number of H-pyrrole nitrogens is 3. The SMILES string of the molecule is Cc1cccc2[nH]cc(CC(=O)[C@@](N)(CCCCN)C(=O)Nc3ccc(C(c4ccc(NC(=O)[C@](N)(CCCCN)C(=O)Cc5c[nH]c6cccc(C)c56)cc4)c4ccc(NC(=O)[C@](N)(CCCCN)C(=O)Cc5c[nH]c6cccc(C)c56)cc4)cc3)c12.Cl. The maximum atomic E-state index is 14.4. The Morgan fingerprint density at radius 3 is 0.899 bits per heavy atom. The summed E-state index contributed by atoms with van der Waals surface area (Å²) in [4.78, 5) is 95.7. The summed E-state index contributed by atoms with van der Waals surface area (Å²) in [5.41, 5.74) is 44.1. The van der Waals surface area contributed by atoms with E-state index in [0.717, 1.165) is 82.8 Å². The van der Waals surface area contributed by atoms with Crippen LogP contribution in [0.15, 0.2) is 146 Å². The number of nitrogens with two attached hydrogens (primary N) is 6. The van der Waals surface area contributed by atoms with Crippen LogP contribution in [0.25, 0.3) is 32.7 Å². The van der Waals surface area contributed by atoms with Gasteiger partial charge in [-0.1, -0.05) is 72.8 Å². The van der Waals surface area contributed by atoms with Crippen LogP contribution in [0.5, 0.6) is 0 Å². The normalized spacial score (nSPS) is 13.6. The summed E-state index contributed by atoms with van der Waals surface area (Å²) in [5.74, 6) is -3.68. The molecule has 0 saturated heterocycles. The predicted molar refractivity (Wildman–Crippen MR) is 358 cm³/mol. The van der Waals surface area contributed by atoms with Gasteiger partial charge in [0.25, 0.3) is 17.7 Å². The van der Waals surface area contributed by atoms with Crippen molar-refractivity contribution in [3.8, 4) is 0 Å². The summed E-state index contributed by atoms with van der Waals surface area (Å²) < 4.78 is 0. The second-order valence-electron chi connectivity index (χ2n) is 23.5. The van der Waals surface area contributed by atoms with Gasteiger partial charge in [-0.05, 0) is 203 Å². The molecule has 0 aliphatic carbocycles. The van der Waals surface area contributed by atoms with Crippen LogP contribution in [0.1, 0.15) is 114 Å². The molecule has 0 saturated carbocycles. The number of halogens is 1. The molecule has 0 fully saturated rings. The minimum atomic E-state index is -1.87. The van der Waals surface area contributed by atoms with Crippen LogP contribution in [-0.4, -0.2) is 86.3 Å². The van der Waals surface area contributed by atoms with Crippen LogP contribution >= 0.6 is 12.4 Å². The minimum absolute atomic E-state index is 0. The average molecular weight is 1220 g/mol. The standard InChI is InChI=1S/C70H82N12O6.ClH/c1-43-13-10-16-55-61(43)49(40-77-55)37-58(83)68(74,31-4-7-34-71)65(86)80-52-25-19-46(20-26-52)64(47-21-27-53(28-22-47)81-66(87)69(75,32-5-8-35-72)59(84)38-50-41-78-56-17-11-14-44(2)62(50)56)48-23-29-54(30-24-48)82-67(88)70(76,33-6-9-36-73)60(85)39-51-42-79-57-18-12-15-45(3)63(51)57;/h10-30,40-42,64,77-79H,4-9,31-39,71-76H2,1-3H3,(H,80,86)(H,81,87)(H,82,88);1H/t68-,69-,70-;/m0./s1. The van der Waals surface area contributed by atoms with Gasteiger partial charge in [0.1, 0.15) is 0 Å². The predicted octanol–water partition coefficient (Wildman–Crippen LogP) is 9.39. The van der Waals surface area contributed by atoms with Crippen molar-refractivity contribution in [1.29, 1.82) is 0 Å². The lowest BCUT2D eigenvalue weighted by molar-refractivity contribution is -0.134. The maximum Gasteiger partial charge on any atom is 0.252 e. The molecule has 0 aliphatic rings. The van der Waals surface area contributed by atoms with Crippen molar-refractivity contribution in [1.82, 2.24) is 15.0 Å². The summed E-state index contributed by atoms with van der Waals surface area (Å²) in [6.07, 6.45) is 8.58. The molecule has 0 spiro atoms. The summed E-state index contributed by atoms with van der Waals surface area (Å²) in [6, 6.07) is 39.2. The van der Waals surface area contributed by atoms with Crippen molar-refractivity contribution in [2.45, 2.75) is 120 Å². The smallest absolute Gasteiger partial charge is 0.252 e. The number of nitrogens with one attached hydrogen (secondary N) is 6. The van der Waals surface area contributed by atoms with Gasteiger partial charge in [0, 0.05) is 93.5 Å². The Bertz CT molecular complexity index is 3580. The fraction of sp³-hybridized carbons (Fsp3) is 0.314. The molecule has 9 aromatic rings. The molecule has 18 N–H and O–H groups in total. The number of hydrogen-bond donors (Lipinski definition) is 12. The summed E-state index contributed by atoms with van der Waals surface area (Å²) in [7, 11) is 0. The lowest BCUT2D eigenvalue weighted by Gasteiger charge is -2.28. The van der Waals surface area contributed by atoms with E-state index in [-0.39, 0.29) is 50.9 Å². The molecule has 0 bridgehead atoms. The number of anilines is 3. The highest BCUT2D eigenvalue weighted by Gasteiger charge is 2.44. The van der Waals surface area contributed by atoms with Gasteiger partial charge in [-0.2, -0.15) is 0 Å². The molecule has 18 nitrogen and oxygen atoms in total. The number of fused-ring (bicyclic) bond motifs is 3. The number of aromatic amines is 3. The number of carbonyl (C=O) groups excluding carboxylic acids is 6. The summed E-state index contributed by atoms with van der Waals surface area (Å²) >= 11 is 0. The molecule has 3 atom stereocenters. The minimum Gasteiger partial charge on any atom is -0.361 e. The third-order valence-electron chi connectivity index (χ3n) is 17.3. The van der Waals surface area contributed by atoms with Crippen LogP contribution in [0, 0.1) is 20.8 Å². The van der Waals surface area contributed by atoms with E-state index in [1.165, 1.54) is 0 Å². The number of amides is 3. The zero-order valence-electron chi connectivity index (χ0n) is 50.9. The molecule has 3 aromatic heterocycles. The molecular formula is C70H83ClN12O6. The first-order valence-electron chi connectivity index (χ1n) is 30.3. The lowest BCUT2D eigenvalue weighted by Crippen LogP contribution is -2.58. The van der Waals surface area contributed by atoms with E-state index in [1.54, 1.807) is 55.0 Å². The first-order valence-corrected chi connectivity index (χ1v) is 30.3. The summed E-state index contributed by atoms with van der Waals surface area (Å²) in [6.45, 7) is 7.05. The zero-order chi connectivity index (χ0) is 62.8. The van der Waals surface area contributed by atoms with Crippen molar-refractivity contribution in [2.75, 3.05) is 35.6 Å². The molecule has 3 heterocycles. The number of unbranched alkanes of at least 4 members (excludes halogenated alkanes) is 3. The topological polar surface area (TPSA) is 342 Å². The van der Waals surface area contributed by atoms with Crippen molar-refractivity contribution in [3.05, 3.63) is 196 Å². The fourth-order valence-corrected chi connectivity index (χ4v) is 12.1. The van der Waals surface area contributed by atoms with Crippen LogP contribution in [0.3, 0.4) is 0 Å². The molecule has 6 aromatic carbocycles. The Kier molecular flexibility index (Phi) is 21.7. The van der Waals surface area contributed by atoms with Crippen LogP contribution < -0.4 is 50.4 Å². The highest BCUT2D eigenvalue weighted by Crippen LogP contribution is 2.36. The van der Waals surface area contributed by atoms with Gasteiger partial charge in [-0.3, -0.25) is 28.8 Å². The number of rotatable bonds is 30. The van der Waals surface area contributed by atoms with Crippen LogP contribution in [-0.2, 0) is 48.0 Å².